The van der Waals surface area contributed by atoms with Gasteiger partial charge < -0.3 is 20.1 Å². The van der Waals surface area contributed by atoms with E-state index in [0.29, 0.717) is 19.8 Å². The molecule has 32 heavy (non-hydrogen) atoms. The van der Waals surface area contributed by atoms with Gasteiger partial charge in [0.25, 0.3) is 0 Å². The molecule has 0 aliphatic carbocycles. The lowest BCUT2D eigenvalue weighted by Gasteiger charge is -2.15. The maximum Gasteiger partial charge on any atom is 0.191 e. The van der Waals surface area contributed by atoms with E-state index in [-0.39, 0.29) is 24.0 Å². The summed E-state index contributed by atoms with van der Waals surface area (Å²) in [6, 6.07) is 17.0. The van der Waals surface area contributed by atoms with E-state index >= 15 is 0 Å². The Labute approximate surface area is 209 Å². The number of ether oxygens (including phenoxy) is 2. The monoisotopic (exact) mass is 552 g/mol. The Morgan fingerprint density at radius 3 is 2.22 bits per heavy atom. The van der Waals surface area contributed by atoms with Crippen LogP contribution in [-0.4, -0.2) is 50.8 Å². The number of nitrogens with zero attached hydrogens (tertiary/aromatic N) is 2. The molecule has 2 aromatic rings. The van der Waals surface area contributed by atoms with Gasteiger partial charge in [-0.25, -0.2) is 4.99 Å². The molecule has 7 heteroatoms. The molecule has 2 aromatic carbocycles. The summed E-state index contributed by atoms with van der Waals surface area (Å²) in [6.07, 6.45) is 2.67. The summed E-state index contributed by atoms with van der Waals surface area (Å²) in [7, 11) is 1.67. The molecule has 0 aromatic heterocycles. The maximum atomic E-state index is 5.61. The molecule has 0 amide bonds. The van der Waals surface area contributed by atoms with Crippen LogP contribution >= 0.6 is 24.0 Å². The zero-order valence-corrected chi connectivity index (χ0v) is 21.6. The van der Waals surface area contributed by atoms with E-state index in [1.54, 1.807) is 7.11 Å². The summed E-state index contributed by atoms with van der Waals surface area (Å²) < 4.78 is 10.6. The minimum atomic E-state index is 0. The molecule has 6 nitrogen and oxygen atoms in total. The predicted octanol–water partition coefficient (Wildman–Crippen LogP) is 4.18. The van der Waals surface area contributed by atoms with Gasteiger partial charge in [0.1, 0.15) is 12.4 Å². The summed E-state index contributed by atoms with van der Waals surface area (Å²) in [5, 5.41) is 6.76. The van der Waals surface area contributed by atoms with Gasteiger partial charge in [-0.15, -0.1) is 24.0 Å². The Morgan fingerprint density at radius 1 is 0.906 bits per heavy atom. The van der Waals surface area contributed by atoms with Gasteiger partial charge in [0.15, 0.2) is 5.96 Å². The quantitative estimate of drug-likeness (QED) is 0.190. The number of hydrogen-bond acceptors (Lipinski definition) is 4. The highest BCUT2D eigenvalue weighted by Crippen LogP contribution is 2.14. The summed E-state index contributed by atoms with van der Waals surface area (Å²) in [5.41, 5.74) is 3.79. The first-order chi connectivity index (χ1) is 15.3. The molecule has 0 spiro atoms. The van der Waals surface area contributed by atoms with Crippen molar-refractivity contribution in [2.45, 2.75) is 39.4 Å². The third-order valence-corrected chi connectivity index (χ3v) is 5.33. The number of halogens is 1. The van der Waals surface area contributed by atoms with Crippen molar-refractivity contribution in [3.63, 3.8) is 0 Å². The van der Waals surface area contributed by atoms with E-state index in [2.05, 4.69) is 46.7 Å². The summed E-state index contributed by atoms with van der Waals surface area (Å²) in [4.78, 5) is 7.25. The molecule has 0 atom stereocenters. The molecule has 0 bridgehead atoms. The lowest BCUT2D eigenvalue weighted by atomic mass is 10.1. The minimum absolute atomic E-state index is 0. The topological polar surface area (TPSA) is 58.1 Å². The summed E-state index contributed by atoms with van der Waals surface area (Å²) >= 11 is 0. The van der Waals surface area contributed by atoms with Crippen LogP contribution < -0.4 is 15.4 Å². The van der Waals surface area contributed by atoms with Crippen molar-refractivity contribution in [1.82, 2.24) is 15.5 Å². The lowest BCUT2D eigenvalue weighted by molar-refractivity contribution is 0.146. The van der Waals surface area contributed by atoms with Gasteiger partial charge in [-0.1, -0.05) is 36.4 Å². The number of likely N-dealkylation sites (tertiary alicyclic amines) is 1. The minimum Gasteiger partial charge on any atom is -0.491 e. The van der Waals surface area contributed by atoms with Crippen molar-refractivity contribution in [3.8, 4) is 5.75 Å². The Morgan fingerprint density at radius 2 is 1.56 bits per heavy atom. The standard InChI is InChI=1S/C25H36N4O2.HI/c1-3-26-25(28-19-22-10-12-24(13-11-22)31-17-16-30-2)27-18-21-6-8-23(9-7-21)20-29-14-4-5-15-29;/h6-13H,3-5,14-20H2,1-2H3,(H2,26,27,28);1H. The van der Waals surface area contributed by atoms with Crippen LogP contribution in [0.1, 0.15) is 36.5 Å². The average molecular weight is 553 g/mol. The van der Waals surface area contributed by atoms with Crippen LogP contribution in [0.4, 0.5) is 0 Å². The summed E-state index contributed by atoms with van der Waals surface area (Å²) in [5.74, 6) is 1.67. The normalized spacial score (nSPS) is 14.1. The number of hydrogen-bond donors (Lipinski definition) is 2. The van der Waals surface area contributed by atoms with Crippen LogP contribution in [0.3, 0.4) is 0 Å². The fourth-order valence-corrected chi connectivity index (χ4v) is 3.59. The molecule has 0 unspecified atom stereocenters. The Balaban J connectivity index is 0.00000363. The second-order valence-corrected chi connectivity index (χ2v) is 7.83. The fourth-order valence-electron chi connectivity index (χ4n) is 3.59. The van der Waals surface area contributed by atoms with Crippen LogP contribution in [0.5, 0.6) is 5.75 Å². The van der Waals surface area contributed by atoms with Crippen LogP contribution in [0.2, 0.25) is 0 Å². The first kappa shape index (κ1) is 26.4. The highest BCUT2D eigenvalue weighted by atomic mass is 127. The van der Waals surface area contributed by atoms with E-state index < -0.39 is 0 Å². The average Bonchev–Trinajstić information content (AvgIpc) is 3.31. The van der Waals surface area contributed by atoms with Crippen molar-refractivity contribution in [1.29, 1.82) is 0 Å². The number of nitrogens with one attached hydrogen (secondary N) is 2. The number of benzene rings is 2. The van der Waals surface area contributed by atoms with E-state index in [9.17, 15) is 0 Å². The highest BCUT2D eigenvalue weighted by molar-refractivity contribution is 14.0. The fraction of sp³-hybridized carbons (Fsp3) is 0.480. The van der Waals surface area contributed by atoms with E-state index in [0.717, 1.165) is 36.9 Å². The zero-order valence-electron chi connectivity index (χ0n) is 19.3. The molecule has 0 saturated carbocycles. The van der Waals surface area contributed by atoms with E-state index in [4.69, 9.17) is 14.5 Å². The molecule has 176 valence electrons. The molecular weight excluding hydrogens is 515 g/mol. The van der Waals surface area contributed by atoms with Crippen molar-refractivity contribution < 1.29 is 9.47 Å². The molecule has 1 aliphatic rings. The second kappa shape index (κ2) is 15.1. The lowest BCUT2D eigenvalue weighted by Crippen LogP contribution is -2.36. The molecule has 1 saturated heterocycles. The molecule has 2 N–H and O–H groups in total. The maximum absolute atomic E-state index is 5.61. The van der Waals surface area contributed by atoms with Crippen molar-refractivity contribution in [2.75, 3.05) is 40.0 Å². The van der Waals surface area contributed by atoms with Crippen LogP contribution in [0.25, 0.3) is 0 Å². The Hall–Kier alpha value is -1.84. The Bertz CT molecular complexity index is 791. The third-order valence-electron chi connectivity index (χ3n) is 5.33. The summed E-state index contributed by atoms with van der Waals surface area (Å²) in [6.45, 7) is 8.94. The number of guanidine groups is 1. The first-order valence-corrected chi connectivity index (χ1v) is 11.3. The molecule has 3 rings (SSSR count). The highest BCUT2D eigenvalue weighted by Gasteiger charge is 2.11. The van der Waals surface area contributed by atoms with Crippen LogP contribution in [0, 0.1) is 0 Å². The molecule has 1 fully saturated rings. The number of methoxy groups -OCH3 is 1. The van der Waals surface area contributed by atoms with Gasteiger partial charge in [-0.3, -0.25) is 4.90 Å². The van der Waals surface area contributed by atoms with Gasteiger partial charge in [-0.05, 0) is 61.7 Å². The number of rotatable bonds is 11. The SMILES string of the molecule is CCNC(=NCc1ccc(OCCOC)cc1)NCc1ccc(CN2CCCC2)cc1.I. The van der Waals surface area contributed by atoms with Gasteiger partial charge >= 0.3 is 0 Å². The zero-order chi connectivity index (χ0) is 21.7. The Kier molecular flexibility index (Phi) is 12.4. The third kappa shape index (κ3) is 9.34. The largest absolute Gasteiger partial charge is 0.491 e. The van der Waals surface area contributed by atoms with Gasteiger partial charge in [0, 0.05) is 26.7 Å². The number of aliphatic imine (C=N–C) groups is 1. The van der Waals surface area contributed by atoms with E-state index in [1.807, 2.05) is 24.3 Å². The van der Waals surface area contributed by atoms with Crippen molar-refractivity contribution >= 4 is 29.9 Å². The van der Waals surface area contributed by atoms with Gasteiger partial charge in [0.05, 0.1) is 13.2 Å². The first-order valence-electron chi connectivity index (χ1n) is 11.3. The van der Waals surface area contributed by atoms with Crippen LogP contribution in [-0.2, 0) is 24.4 Å². The predicted molar refractivity (Wildman–Crippen MR) is 142 cm³/mol. The van der Waals surface area contributed by atoms with Crippen LogP contribution in [0.15, 0.2) is 53.5 Å². The van der Waals surface area contributed by atoms with Gasteiger partial charge in [0.2, 0.25) is 0 Å². The van der Waals surface area contributed by atoms with E-state index in [1.165, 1.54) is 37.1 Å². The molecular formula is C25H37IN4O2. The van der Waals surface area contributed by atoms with Crippen molar-refractivity contribution in [2.24, 2.45) is 4.99 Å². The molecule has 1 heterocycles. The smallest absolute Gasteiger partial charge is 0.191 e. The second-order valence-electron chi connectivity index (χ2n) is 7.83. The van der Waals surface area contributed by atoms with Crippen molar-refractivity contribution in [3.05, 3.63) is 65.2 Å². The van der Waals surface area contributed by atoms with Gasteiger partial charge in [-0.2, -0.15) is 0 Å². The molecule has 0 radical (unpaired) electrons. The molecule has 1 aliphatic heterocycles.